The summed E-state index contributed by atoms with van der Waals surface area (Å²) >= 11 is 0. The van der Waals surface area contributed by atoms with Gasteiger partial charge < -0.3 is 5.32 Å². The summed E-state index contributed by atoms with van der Waals surface area (Å²) in [4.78, 5) is 44.3. The molecule has 1 fully saturated rings. The molecular formula is C15H13N5O3. The Kier molecular flexibility index (Phi) is 3.49. The van der Waals surface area contributed by atoms with Crippen molar-refractivity contribution >= 4 is 17.8 Å². The van der Waals surface area contributed by atoms with Crippen molar-refractivity contribution < 1.29 is 14.4 Å². The fourth-order valence-corrected chi connectivity index (χ4v) is 2.28. The molecule has 3 rings (SSSR count). The molecule has 1 aliphatic heterocycles. The minimum absolute atomic E-state index is 0.00131. The highest BCUT2D eigenvalue weighted by molar-refractivity contribution is 6.09. The van der Waals surface area contributed by atoms with Crippen molar-refractivity contribution in [3.63, 3.8) is 0 Å². The molecule has 0 unspecified atom stereocenters. The third-order valence-electron chi connectivity index (χ3n) is 3.55. The molecule has 2 heterocycles. The molecule has 0 spiro atoms. The minimum Gasteiger partial charge on any atom is -0.318 e. The van der Waals surface area contributed by atoms with E-state index in [4.69, 9.17) is 0 Å². The first kappa shape index (κ1) is 14.6. The zero-order valence-corrected chi connectivity index (χ0v) is 12.2. The molecule has 116 valence electrons. The lowest BCUT2D eigenvalue weighted by molar-refractivity contribution is -0.132. The molecule has 1 aromatic heterocycles. The molecule has 0 saturated carbocycles. The van der Waals surface area contributed by atoms with Crippen molar-refractivity contribution in [2.75, 3.05) is 0 Å². The average Bonchev–Trinajstić information content (AvgIpc) is 2.81. The topological polar surface area (TPSA) is 104 Å². The Morgan fingerprint density at radius 3 is 2.61 bits per heavy atom. The molecule has 23 heavy (non-hydrogen) atoms. The smallest absolute Gasteiger partial charge is 0.318 e. The van der Waals surface area contributed by atoms with Crippen molar-refractivity contribution in [2.45, 2.75) is 12.5 Å². The number of rotatable bonds is 3. The first-order valence-corrected chi connectivity index (χ1v) is 6.81. The predicted molar refractivity (Wildman–Crippen MR) is 78.7 cm³/mol. The number of carbonyl (C=O) groups is 3. The number of hydrazine groups is 1. The fraction of sp³-hybridized carbons (Fsp3) is 0.133. The Hall–Kier alpha value is -3.29. The van der Waals surface area contributed by atoms with Crippen molar-refractivity contribution in [1.82, 2.24) is 25.7 Å². The summed E-state index contributed by atoms with van der Waals surface area (Å²) in [5, 5.41) is 3.25. The van der Waals surface area contributed by atoms with Gasteiger partial charge >= 0.3 is 6.03 Å². The lowest BCUT2D eigenvalue weighted by Crippen LogP contribution is -2.48. The predicted octanol–water partition coefficient (Wildman–Crippen LogP) is 0.589. The summed E-state index contributed by atoms with van der Waals surface area (Å²) in [6.45, 7) is 1.58. The summed E-state index contributed by atoms with van der Waals surface area (Å²) in [5.41, 5.74) is 1.63. The molecule has 8 nitrogen and oxygen atoms in total. The quantitative estimate of drug-likeness (QED) is 0.807. The van der Waals surface area contributed by atoms with E-state index >= 15 is 0 Å². The molecule has 1 atom stereocenters. The van der Waals surface area contributed by atoms with Crippen LogP contribution in [0, 0.1) is 0 Å². The van der Waals surface area contributed by atoms with Gasteiger partial charge in [0.15, 0.2) is 0 Å². The van der Waals surface area contributed by atoms with Crippen LogP contribution in [0.5, 0.6) is 0 Å². The normalized spacial score (nSPS) is 20.3. The van der Waals surface area contributed by atoms with Crippen molar-refractivity contribution in [3.8, 4) is 0 Å². The van der Waals surface area contributed by atoms with Crippen molar-refractivity contribution in [1.29, 1.82) is 0 Å². The lowest BCUT2D eigenvalue weighted by atomic mass is 9.92. The van der Waals surface area contributed by atoms with Gasteiger partial charge in [0.25, 0.3) is 11.8 Å². The highest BCUT2D eigenvalue weighted by Crippen LogP contribution is 2.27. The molecule has 4 amide bonds. The van der Waals surface area contributed by atoms with E-state index in [-0.39, 0.29) is 5.69 Å². The van der Waals surface area contributed by atoms with Crippen molar-refractivity contribution in [2.24, 2.45) is 0 Å². The summed E-state index contributed by atoms with van der Waals surface area (Å²) in [6.07, 6.45) is 4.00. The van der Waals surface area contributed by atoms with Gasteiger partial charge in [-0.15, -0.1) is 0 Å². The molecule has 1 aromatic carbocycles. The highest BCUT2D eigenvalue weighted by atomic mass is 16.2. The van der Waals surface area contributed by atoms with Gasteiger partial charge in [0.2, 0.25) is 0 Å². The first-order chi connectivity index (χ1) is 11.0. The molecule has 0 radical (unpaired) electrons. The molecule has 2 aromatic rings. The zero-order chi connectivity index (χ0) is 16.4. The maximum Gasteiger partial charge on any atom is 0.344 e. The summed E-state index contributed by atoms with van der Waals surface area (Å²) < 4.78 is 0. The Morgan fingerprint density at radius 1 is 1.22 bits per heavy atom. The van der Waals surface area contributed by atoms with E-state index < -0.39 is 23.4 Å². The van der Waals surface area contributed by atoms with E-state index in [1.54, 1.807) is 31.2 Å². The third kappa shape index (κ3) is 2.50. The second-order valence-corrected chi connectivity index (χ2v) is 5.09. The van der Waals surface area contributed by atoms with Crippen LogP contribution in [0.25, 0.3) is 0 Å². The monoisotopic (exact) mass is 311 g/mol. The molecular weight excluding hydrogens is 298 g/mol. The average molecular weight is 311 g/mol. The van der Waals surface area contributed by atoms with Crippen LogP contribution < -0.4 is 10.7 Å². The van der Waals surface area contributed by atoms with Crippen LogP contribution in [0.1, 0.15) is 23.0 Å². The van der Waals surface area contributed by atoms with E-state index in [1.165, 1.54) is 18.6 Å². The summed E-state index contributed by atoms with van der Waals surface area (Å²) in [6, 6.07) is 8.08. The van der Waals surface area contributed by atoms with E-state index in [0.717, 1.165) is 0 Å². The number of hydrogen-bond acceptors (Lipinski definition) is 5. The van der Waals surface area contributed by atoms with Gasteiger partial charge in [-0.3, -0.25) is 20.0 Å². The molecule has 8 heteroatoms. The maximum atomic E-state index is 12.6. The lowest BCUT2D eigenvalue weighted by Gasteiger charge is -2.21. The number of urea groups is 1. The number of imide groups is 1. The maximum absolute atomic E-state index is 12.6. The van der Waals surface area contributed by atoms with Gasteiger partial charge in [-0.25, -0.2) is 9.78 Å². The number of carbonyl (C=O) groups excluding carboxylic acids is 3. The van der Waals surface area contributed by atoms with Crippen LogP contribution in [0.4, 0.5) is 4.79 Å². The third-order valence-corrected chi connectivity index (χ3v) is 3.55. The number of aromatic nitrogens is 2. The van der Waals surface area contributed by atoms with Crippen LogP contribution in [0.3, 0.4) is 0 Å². The highest BCUT2D eigenvalue weighted by Gasteiger charge is 2.50. The molecule has 0 bridgehead atoms. The first-order valence-electron chi connectivity index (χ1n) is 6.81. The van der Waals surface area contributed by atoms with Crippen molar-refractivity contribution in [3.05, 3.63) is 60.2 Å². The molecule has 1 saturated heterocycles. The molecule has 0 aliphatic carbocycles. The largest absolute Gasteiger partial charge is 0.344 e. The summed E-state index contributed by atoms with van der Waals surface area (Å²) in [7, 11) is 0. The second kappa shape index (κ2) is 5.48. The van der Waals surface area contributed by atoms with Crippen LogP contribution in [0.15, 0.2) is 48.9 Å². The van der Waals surface area contributed by atoms with Crippen LogP contribution >= 0.6 is 0 Å². The van der Waals surface area contributed by atoms with Gasteiger partial charge in [0, 0.05) is 12.4 Å². The standard InChI is InChI=1S/C15H13N5O3/c1-15(10-5-3-2-4-6-10)13(22)20(14(23)18-15)19-12(21)11-9-16-7-8-17-11/h2-9H,1H3,(H,18,23)(H,19,21)/t15-/m0/s1. The van der Waals surface area contributed by atoms with Gasteiger partial charge in [-0.2, -0.15) is 5.01 Å². The number of amides is 4. The number of nitrogens with one attached hydrogen (secondary N) is 2. The fourth-order valence-electron chi connectivity index (χ4n) is 2.28. The van der Waals surface area contributed by atoms with E-state index in [0.29, 0.717) is 10.6 Å². The van der Waals surface area contributed by atoms with E-state index in [2.05, 4.69) is 20.7 Å². The second-order valence-electron chi connectivity index (χ2n) is 5.09. The Balaban J connectivity index is 1.84. The number of nitrogens with zero attached hydrogens (tertiary/aromatic N) is 3. The molecule has 1 aliphatic rings. The van der Waals surface area contributed by atoms with E-state index in [9.17, 15) is 14.4 Å². The Bertz CT molecular complexity index is 765. The van der Waals surface area contributed by atoms with E-state index in [1.807, 2.05) is 6.07 Å². The van der Waals surface area contributed by atoms with Crippen LogP contribution in [-0.2, 0) is 10.3 Å². The van der Waals surface area contributed by atoms with Gasteiger partial charge in [0.1, 0.15) is 11.2 Å². The van der Waals surface area contributed by atoms with Crippen LogP contribution in [0.2, 0.25) is 0 Å². The summed E-state index contributed by atoms with van der Waals surface area (Å²) in [5.74, 6) is -1.27. The van der Waals surface area contributed by atoms with Crippen LogP contribution in [-0.4, -0.2) is 32.8 Å². The van der Waals surface area contributed by atoms with Gasteiger partial charge in [0.05, 0.1) is 6.20 Å². The van der Waals surface area contributed by atoms with Gasteiger partial charge in [-0.1, -0.05) is 30.3 Å². The zero-order valence-electron chi connectivity index (χ0n) is 12.2. The number of benzene rings is 1. The van der Waals surface area contributed by atoms with Gasteiger partial charge in [-0.05, 0) is 12.5 Å². The SMILES string of the molecule is C[C@@]1(c2ccccc2)NC(=O)N(NC(=O)c2cnccn2)C1=O. The Morgan fingerprint density at radius 2 is 1.96 bits per heavy atom. The Labute approximate surface area is 131 Å². The minimum atomic E-state index is -1.24. The number of hydrogen-bond donors (Lipinski definition) is 2. The molecule has 2 N–H and O–H groups in total.